The molecule has 0 heterocycles. The van der Waals surface area contributed by atoms with Crippen LogP contribution in [0.4, 0.5) is 0 Å². The Morgan fingerprint density at radius 3 is 2.44 bits per heavy atom. The van der Waals surface area contributed by atoms with E-state index >= 15 is 0 Å². The fraction of sp³-hybridized carbons (Fsp3) is 0.316. The molecule has 0 aliphatic heterocycles. The van der Waals surface area contributed by atoms with Crippen LogP contribution in [0.1, 0.15) is 12.0 Å². The van der Waals surface area contributed by atoms with E-state index in [0.717, 1.165) is 9.87 Å². The van der Waals surface area contributed by atoms with Gasteiger partial charge in [0.15, 0.2) is 0 Å². The molecule has 6 nitrogen and oxygen atoms in total. The average Bonchev–Trinajstić information content (AvgIpc) is 2.65. The number of nitrogens with one attached hydrogen (secondary N) is 1. The molecule has 2 aromatic carbocycles. The van der Waals surface area contributed by atoms with E-state index in [1.165, 1.54) is 31.3 Å². The fourth-order valence-electron chi connectivity index (χ4n) is 2.30. The van der Waals surface area contributed by atoms with Gasteiger partial charge in [0.25, 0.3) is 0 Å². The van der Waals surface area contributed by atoms with Gasteiger partial charge in [0, 0.05) is 25.2 Å². The summed E-state index contributed by atoms with van der Waals surface area (Å²) in [5.41, 5.74) is 1.09. The standard InChI is InChI=1S/C19H23ClN2O4S/c1-22(27(24,25)18-10-8-17(20)9-11-18)14-19(23)21-12-5-13-26-15-16-6-3-2-4-7-16/h2-4,6-11H,5,12-15H2,1H3,(H,21,23). The van der Waals surface area contributed by atoms with Crippen molar-refractivity contribution >= 4 is 27.5 Å². The molecule has 1 amide bonds. The van der Waals surface area contributed by atoms with Gasteiger partial charge in [0.05, 0.1) is 18.0 Å². The molecule has 0 unspecified atom stereocenters. The van der Waals surface area contributed by atoms with Crippen LogP contribution < -0.4 is 5.32 Å². The summed E-state index contributed by atoms with van der Waals surface area (Å²) < 4.78 is 31.4. The number of sulfonamides is 1. The largest absolute Gasteiger partial charge is 0.377 e. The first-order valence-electron chi connectivity index (χ1n) is 8.50. The van der Waals surface area contributed by atoms with Crippen LogP contribution in [-0.4, -0.2) is 45.4 Å². The Morgan fingerprint density at radius 1 is 1.11 bits per heavy atom. The zero-order chi connectivity index (χ0) is 19.7. The normalized spacial score (nSPS) is 11.5. The molecule has 0 aliphatic rings. The van der Waals surface area contributed by atoms with Crippen LogP contribution in [0.25, 0.3) is 0 Å². The first kappa shape index (κ1) is 21.4. The third-order valence-corrected chi connectivity index (χ3v) is 5.86. The maximum atomic E-state index is 12.4. The number of hydrogen-bond acceptors (Lipinski definition) is 4. The van der Waals surface area contributed by atoms with Gasteiger partial charge in [-0.1, -0.05) is 41.9 Å². The van der Waals surface area contributed by atoms with E-state index in [2.05, 4.69) is 5.32 Å². The van der Waals surface area contributed by atoms with Crippen molar-refractivity contribution in [1.29, 1.82) is 0 Å². The first-order chi connectivity index (χ1) is 12.9. The van der Waals surface area contributed by atoms with Gasteiger partial charge in [0.2, 0.25) is 15.9 Å². The number of benzene rings is 2. The SMILES string of the molecule is CN(CC(=O)NCCCOCc1ccccc1)S(=O)(=O)c1ccc(Cl)cc1. The number of nitrogens with zero attached hydrogens (tertiary/aromatic N) is 1. The molecule has 0 saturated heterocycles. The lowest BCUT2D eigenvalue weighted by Crippen LogP contribution is -2.38. The summed E-state index contributed by atoms with van der Waals surface area (Å²) in [6, 6.07) is 15.6. The molecular weight excluding hydrogens is 388 g/mol. The Hall–Kier alpha value is -1.93. The number of hydrogen-bond donors (Lipinski definition) is 1. The molecular formula is C19H23ClN2O4S. The monoisotopic (exact) mass is 410 g/mol. The zero-order valence-electron chi connectivity index (χ0n) is 15.1. The second-order valence-corrected chi connectivity index (χ2v) is 8.44. The van der Waals surface area contributed by atoms with Crippen molar-refractivity contribution in [1.82, 2.24) is 9.62 Å². The lowest BCUT2D eigenvalue weighted by Gasteiger charge is -2.17. The number of rotatable bonds is 10. The Bertz CT molecular complexity index is 827. The van der Waals surface area contributed by atoms with Crippen LogP contribution in [0.15, 0.2) is 59.5 Å². The van der Waals surface area contributed by atoms with Gasteiger partial charge in [-0.3, -0.25) is 4.79 Å². The molecule has 2 aromatic rings. The van der Waals surface area contributed by atoms with E-state index in [1.807, 2.05) is 30.3 Å². The highest BCUT2D eigenvalue weighted by atomic mass is 35.5. The molecule has 0 fully saturated rings. The predicted molar refractivity (Wildman–Crippen MR) is 105 cm³/mol. The smallest absolute Gasteiger partial charge is 0.243 e. The van der Waals surface area contributed by atoms with Gasteiger partial charge in [-0.05, 0) is 36.2 Å². The Balaban J connectivity index is 1.68. The summed E-state index contributed by atoms with van der Waals surface area (Å²) in [5, 5.41) is 3.15. The van der Waals surface area contributed by atoms with E-state index in [-0.39, 0.29) is 17.3 Å². The third-order valence-electron chi connectivity index (χ3n) is 3.79. The molecule has 0 saturated carbocycles. The van der Waals surface area contributed by atoms with Crippen LogP contribution >= 0.6 is 11.6 Å². The van der Waals surface area contributed by atoms with Gasteiger partial charge < -0.3 is 10.1 Å². The summed E-state index contributed by atoms with van der Waals surface area (Å²) in [5.74, 6) is -0.363. The highest BCUT2D eigenvalue weighted by Crippen LogP contribution is 2.17. The highest BCUT2D eigenvalue weighted by molar-refractivity contribution is 7.89. The molecule has 8 heteroatoms. The molecule has 0 aromatic heterocycles. The maximum Gasteiger partial charge on any atom is 0.243 e. The van der Waals surface area contributed by atoms with Crippen molar-refractivity contribution in [2.45, 2.75) is 17.9 Å². The minimum Gasteiger partial charge on any atom is -0.377 e. The molecule has 0 aliphatic carbocycles. The lowest BCUT2D eigenvalue weighted by atomic mass is 10.2. The maximum absolute atomic E-state index is 12.4. The van der Waals surface area contributed by atoms with E-state index in [4.69, 9.17) is 16.3 Å². The predicted octanol–water partition coefficient (Wildman–Crippen LogP) is 2.68. The summed E-state index contributed by atoms with van der Waals surface area (Å²) in [6.07, 6.45) is 0.645. The number of halogens is 1. The summed E-state index contributed by atoms with van der Waals surface area (Å²) in [7, 11) is -2.36. The second-order valence-electron chi connectivity index (χ2n) is 5.96. The minimum atomic E-state index is -3.73. The van der Waals surface area contributed by atoms with Crippen LogP contribution in [0.5, 0.6) is 0 Å². The van der Waals surface area contributed by atoms with Crippen molar-refractivity contribution in [2.75, 3.05) is 26.7 Å². The third kappa shape index (κ3) is 6.95. The van der Waals surface area contributed by atoms with E-state index in [0.29, 0.717) is 31.2 Å². The summed E-state index contributed by atoms with van der Waals surface area (Å²) in [6.45, 7) is 1.20. The molecule has 0 atom stereocenters. The van der Waals surface area contributed by atoms with Crippen LogP contribution in [0.3, 0.4) is 0 Å². The van der Waals surface area contributed by atoms with Crippen molar-refractivity contribution in [3.05, 3.63) is 65.2 Å². The Kier molecular flexibility index (Phi) is 8.24. The Labute approximate surface area is 165 Å². The van der Waals surface area contributed by atoms with Crippen LogP contribution in [-0.2, 0) is 26.2 Å². The van der Waals surface area contributed by atoms with E-state index in [9.17, 15) is 13.2 Å². The number of carbonyl (C=O) groups is 1. The molecule has 146 valence electrons. The number of amides is 1. The number of likely N-dealkylation sites (N-methyl/N-ethyl adjacent to an activating group) is 1. The first-order valence-corrected chi connectivity index (χ1v) is 10.3. The molecule has 0 radical (unpaired) electrons. The van der Waals surface area contributed by atoms with Crippen molar-refractivity contribution in [2.24, 2.45) is 0 Å². The molecule has 27 heavy (non-hydrogen) atoms. The lowest BCUT2D eigenvalue weighted by molar-refractivity contribution is -0.121. The van der Waals surface area contributed by atoms with E-state index < -0.39 is 10.0 Å². The highest BCUT2D eigenvalue weighted by Gasteiger charge is 2.22. The molecule has 0 spiro atoms. The zero-order valence-corrected chi connectivity index (χ0v) is 16.7. The molecule has 0 bridgehead atoms. The topological polar surface area (TPSA) is 75.7 Å². The van der Waals surface area contributed by atoms with Crippen LogP contribution in [0, 0.1) is 0 Å². The van der Waals surface area contributed by atoms with Crippen molar-refractivity contribution in [3.63, 3.8) is 0 Å². The Morgan fingerprint density at radius 2 is 1.78 bits per heavy atom. The number of ether oxygens (including phenoxy) is 1. The van der Waals surface area contributed by atoms with Gasteiger partial charge in [-0.15, -0.1) is 0 Å². The van der Waals surface area contributed by atoms with Crippen LogP contribution in [0.2, 0.25) is 5.02 Å². The average molecular weight is 411 g/mol. The van der Waals surface area contributed by atoms with Crippen molar-refractivity contribution in [3.8, 4) is 0 Å². The van der Waals surface area contributed by atoms with Gasteiger partial charge in [-0.2, -0.15) is 4.31 Å². The quantitative estimate of drug-likeness (QED) is 0.611. The number of carbonyl (C=O) groups excluding carboxylic acids is 1. The van der Waals surface area contributed by atoms with Crippen molar-refractivity contribution < 1.29 is 17.9 Å². The second kappa shape index (κ2) is 10.4. The molecule has 1 N–H and O–H groups in total. The summed E-state index contributed by atoms with van der Waals surface area (Å²) in [4.78, 5) is 12.1. The van der Waals surface area contributed by atoms with E-state index in [1.54, 1.807) is 0 Å². The van der Waals surface area contributed by atoms with Gasteiger partial charge in [-0.25, -0.2) is 8.42 Å². The minimum absolute atomic E-state index is 0.0940. The molecule has 2 rings (SSSR count). The fourth-order valence-corrected chi connectivity index (χ4v) is 3.55. The van der Waals surface area contributed by atoms with Gasteiger partial charge in [0.1, 0.15) is 0 Å². The van der Waals surface area contributed by atoms with Gasteiger partial charge >= 0.3 is 0 Å². The summed E-state index contributed by atoms with van der Waals surface area (Å²) >= 11 is 5.77.